The highest BCUT2D eigenvalue weighted by Gasteiger charge is 2.61. The SMILES string of the molecule is CO[C@@]12CC[C@@H](c3ccc(Cl)cc3Cl)[C@H](c3ccc(Cl)cc3)[C@@H]1[C@@H](C)NC2=O. The van der Waals surface area contributed by atoms with Gasteiger partial charge >= 0.3 is 0 Å². The van der Waals surface area contributed by atoms with Gasteiger partial charge < -0.3 is 10.1 Å². The molecule has 0 unspecified atom stereocenters. The average Bonchev–Trinajstić information content (AvgIpc) is 2.93. The summed E-state index contributed by atoms with van der Waals surface area (Å²) in [6, 6.07) is 13.5. The van der Waals surface area contributed by atoms with Gasteiger partial charge in [-0.1, -0.05) is 53.0 Å². The zero-order valence-electron chi connectivity index (χ0n) is 15.7. The van der Waals surface area contributed by atoms with Crippen molar-refractivity contribution in [2.24, 2.45) is 5.92 Å². The second kappa shape index (κ2) is 7.53. The standard InChI is InChI=1S/C22H22Cl3NO2/c1-12-20-19(13-3-5-14(23)6-4-13)17(16-8-7-15(24)11-18(16)25)9-10-22(20,28-2)21(27)26-12/h3-8,11-12,17,19-20H,9-10H2,1-2H3,(H,26,27)/t12-,17+,19+,20+,22+/m1/s1. The highest BCUT2D eigenvalue weighted by atomic mass is 35.5. The Hall–Kier alpha value is -1.26. The van der Waals surface area contributed by atoms with Crippen molar-refractivity contribution in [3.63, 3.8) is 0 Å². The summed E-state index contributed by atoms with van der Waals surface area (Å²) >= 11 is 18.9. The van der Waals surface area contributed by atoms with Crippen LogP contribution in [0, 0.1) is 5.92 Å². The van der Waals surface area contributed by atoms with Crippen LogP contribution in [0.1, 0.15) is 42.7 Å². The number of carbonyl (C=O) groups is 1. The first-order valence-corrected chi connectivity index (χ1v) is 10.6. The van der Waals surface area contributed by atoms with Crippen molar-refractivity contribution in [3.8, 4) is 0 Å². The smallest absolute Gasteiger partial charge is 0.252 e. The Morgan fingerprint density at radius 3 is 2.39 bits per heavy atom. The average molecular weight is 439 g/mol. The zero-order valence-corrected chi connectivity index (χ0v) is 18.0. The van der Waals surface area contributed by atoms with Gasteiger partial charge in [-0.05, 0) is 67.0 Å². The Balaban J connectivity index is 1.87. The predicted molar refractivity (Wildman–Crippen MR) is 113 cm³/mol. The van der Waals surface area contributed by atoms with E-state index in [2.05, 4.69) is 12.2 Å². The van der Waals surface area contributed by atoms with Crippen LogP contribution in [0.2, 0.25) is 15.1 Å². The molecule has 0 bridgehead atoms. The van der Waals surface area contributed by atoms with Crippen LogP contribution in [0.4, 0.5) is 0 Å². The zero-order chi connectivity index (χ0) is 20.1. The minimum Gasteiger partial charge on any atom is -0.368 e. The second-order valence-electron chi connectivity index (χ2n) is 7.77. The number of benzene rings is 2. The third-order valence-corrected chi connectivity index (χ3v) is 7.26. The Labute approximate surface area is 180 Å². The Bertz CT molecular complexity index is 901. The van der Waals surface area contributed by atoms with Crippen molar-refractivity contribution in [1.29, 1.82) is 0 Å². The maximum atomic E-state index is 12.9. The van der Waals surface area contributed by atoms with Crippen LogP contribution in [-0.4, -0.2) is 24.7 Å². The van der Waals surface area contributed by atoms with Gasteiger partial charge in [-0.3, -0.25) is 4.79 Å². The minimum absolute atomic E-state index is 0.0120. The fraction of sp³-hybridized carbons (Fsp3) is 0.409. The number of carbonyl (C=O) groups excluding carboxylic acids is 1. The molecule has 5 atom stereocenters. The first-order chi connectivity index (χ1) is 13.4. The molecule has 1 N–H and O–H groups in total. The molecule has 3 nitrogen and oxygen atoms in total. The molecule has 2 fully saturated rings. The molecule has 0 spiro atoms. The number of rotatable bonds is 3. The highest BCUT2D eigenvalue weighted by Crippen LogP contribution is 2.56. The van der Waals surface area contributed by atoms with Crippen molar-refractivity contribution in [2.45, 2.75) is 43.2 Å². The topological polar surface area (TPSA) is 38.3 Å². The fourth-order valence-electron chi connectivity index (χ4n) is 5.26. The lowest BCUT2D eigenvalue weighted by Gasteiger charge is -2.47. The summed E-state index contributed by atoms with van der Waals surface area (Å²) in [7, 11) is 1.64. The maximum Gasteiger partial charge on any atom is 0.252 e. The number of nitrogens with one attached hydrogen (secondary N) is 1. The molecule has 1 saturated heterocycles. The number of fused-ring (bicyclic) bond motifs is 1. The minimum atomic E-state index is -0.820. The number of ether oxygens (including phenoxy) is 1. The van der Waals surface area contributed by atoms with Crippen LogP contribution in [0.5, 0.6) is 0 Å². The summed E-state index contributed by atoms with van der Waals surface area (Å²) in [6.07, 6.45) is 1.44. The molecular weight excluding hydrogens is 417 g/mol. The van der Waals surface area contributed by atoms with Crippen LogP contribution in [0.3, 0.4) is 0 Å². The van der Waals surface area contributed by atoms with Crippen molar-refractivity contribution < 1.29 is 9.53 Å². The van der Waals surface area contributed by atoms with Crippen molar-refractivity contribution in [2.75, 3.05) is 7.11 Å². The molecule has 1 aliphatic carbocycles. The van der Waals surface area contributed by atoms with E-state index in [0.717, 1.165) is 17.5 Å². The normalized spacial score (nSPS) is 32.1. The molecule has 6 heteroatoms. The van der Waals surface area contributed by atoms with Crippen molar-refractivity contribution >= 4 is 40.7 Å². The third kappa shape index (κ3) is 3.13. The lowest BCUT2D eigenvalue weighted by atomic mass is 9.59. The summed E-state index contributed by atoms with van der Waals surface area (Å²) in [5.41, 5.74) is 1.37. The van der Waals surface area contributed by atoms with E-state index < -0.39 is 5.60 Å². The Morgan fingerprint density at radius 2 is 1.75 bits per heavy atom. The van der Waals surface area contributed by atoms with E-state index >= 15 is 0 Å². The number of hydrogen-bond acceptors (Lipinski definition) is 2. The van der Waals surface area contributed by atoms with Crippen LogP contribution >= 0.6 is 34.8 Å². The maximum absolute atomic E-state index is 12.9. The van der Waals surface area contributed by atoms with Gasteiger partial charge in [0, 0.05) is 34.1 Å². The van der Waals surface area contributed by atoms with E-state index in [4.69, 9.17) is 39.5 Å². The molecule has 1 aliphatic heterocycles. The Kier molecular flexibility index (Phi) is 5.39. The first kappa shape index (κ1) is 20.0. The van der Waals surface area contributed by atoms with Gasteiger partial charge in [-0.15, -0.1) is 0 Å². The van der Waals surface area contributed by atoms with Gasteiger partial charge in [0.1, 0.15) is 0 Å². The quantitative estimate of drug-likeness (QED) is 0.655. The summed E-state index contributed by atoms with van der Waals surface area (Å²) in [6.45, 7) is 2.05. The van der Waals surface area contributed by atoms with E-state index in [1.165, 1.54) is 0 Å². The molecule has 2 aromatic rings. The molecular formula is C22H22Cl3NO2. The molecule has 148 valence electrons. The van der Waals surface area contributed by atoms with Gasteiger partial charge in [0.05, 0.1) is 0 Å². The number of methoxy groups -OCH3 is 1. The van der Waals surface area contributed by atoms with Crippen molar-refractivity contribution in [1.82, 2.24) is 5.32 Å². The van der Waals surface area contributed by atoms with Gasteiger partial charge in [0.2, 0.25) is 0 Å². The number of halogens is 3. The van der Waals surface area contributed by atoms with Gasteiger partial charge in [-0.25, -0.2) is 0 Å². The van der Waals surface area contributed by atoms with Gasteiger partial charge in [0.15, 0.2) is 5.60 Å². The molecule has 2 aromatic carbocycles. The second-order valence-corrected chi connectivity index (χ2v) is 9.05. The number of amides is 1. The lowest BCUT2D eigenvalue weighted by Crippen LogP contribution is -2.51. The third-order valence-electron chi connectivity index (χ3n) is 6.45. The molecule has 0 aromatic heterocycles. The summed E-state index contributed by atoms with van der Waals surface area (Å²) in [5, 5.41) is 5.07. The van der Waals surface area contributed by atoms with Crippen LogP contribution < -0.4 is 5.32 Å². The Morgan fingerprint density at radius 1 is 1.07 bits per heavy atom. The van der Waals surface area contributed by atoms with Crippen LogP contribution in [-0.2, 0) is 9.53 Å². The summed E-state index contributed by atoms with van der Waals surface area (Å²) < 4.78 is 5.90. The molecule has 4 rings (SSSR count). The molecule has 1 amide bonds. The van der Waals surface area contributed by atoms with E-state index in [9.17, 15) is 4.79 Å². The van der Waals surface area contributed by atoms with E-state index in [-0.39, 0.29) is 29.7 Å². The monoisotopic (exact) mass is 437 g/mol. The van der Waals surface area contributed by atoms with E-state index in [1.54, 1.807) is 13.2 Å². The van der Waals surface area contributed by atoms with Gasteiger partial charge in [0.25, 0.3) is 5.91 Å². The first-order valence-electron chi connectivity index (χ1n) is 9.44. The summed E-state index contributed by atoms with van der Waals surface area (Å²) in [4.78, 5) is 12.9. The molecule has 28 heavy (non-hydrogen) atoms. The number of hydrogen-bond donors (Lipinski definition) is 1. The largest absolute Gasteiger partial charge is 0.368 e. The molecule has 1 heterocycles. The lowest BCUT2D eigenvalue weighted by molar-refractivity contribution is -0.148. The molecule has 2 aliphatic rings. The molecule has 0 radical (unpaired) electrons. The summed E-state index contributed by atoms with van der Waals surface area (Å²) in [5.74, 6) is 0.164. The predicted octanol–water partition coefficient (Wildman–Crippen LogP) is 5.83. The van der Waals surface area contributed by atoms with Crippen LogP contribution in [0.15, 0.2) is 42.5 Å². The highest BCUT2D eigenvalue weighted by molar-refractivity contribution is 6.35. The van der Waals surface area contributed by atoms with E-state index in [1.807, 2.05) is 36.4 Å². The van der Waals surface area contributed by atoms with Crippen molar-refractivity contribution in [3.05, 3.63) is 68.7 Å². The van der Waals surface area contributed by atoms with Crippen LogP contribution in [0.25, 0.3) is 0 Å². The molecule has 1 saturated carbocycles. The van der Waals surface area contributed by atoms with Gasteiger partial charge in [-0.2, -0.15) is 0 Å². The fourth-order valence-corrected chi connectivity index (χ4v) is 5.94. The van der Waals surface area contributed by atoms with E-state index in [0.29, 0.717) is 21.5 Å².